The van der Waals surface area contributed by atoms with Gasteiger partial charge in [-0.15, -0.1) is 0 Å². The average molecular weight is 395 g/mol. The fourth-order valence-corrected chi connectivity index (χ4v) is 3.44. The van der Waals surface area contributed by atoms with Crippen molar-refractivity contribution in [2.75, 3.05) is 33.0 Å². The van der Waals surface area contributed by atoms with E-state index < -0.39 is 4.92 Å². The summed E-state index contributed by atoms with van der Waals surface area (Å²) in [6.45, 7) is 3.91. The molecule has 2 heterocycles. The molecule has 0 aromatic heterocycles. The van der Waals surface area contributed by atoms with E-state index >= 15 is 0 Å². The SMILES string of the molecule is O=C(C=Cc1cccc([N+](=O)[O-])c1)N1CCN(Cc2ccc3c(c2)OCO3)CC1. The van der Waals surface area contributed by atoms with Gasteiger partial charge in [0.25, 0.3) is 5.69 Å². The van der Waals surface area contributed by atoms with Crippen LogP contribution in [0.2, 0.25) is 0 Å². The van der Waals surface area contributed by atoms with E-state index in [9.17, 15) is 14.9 Å². The Morgan fingerprint density at radius 2 is 1.86 bits per heavy atom. The molecule has 0 aliphatic carbocycles. The summed E-state index contributed by atoms with van der Waals surface area (Å²) in [5.41, 5.74) is 1.80. The summed E-state index contributed by atoms with van der Waals surface area (Å²) < 4.78 is 10.8. The molecule has 2 aromatic carbocycles. The van der Waals surface area contributed by atoms with Crippen LogP contribution in [0.15, 0.2) is 48.5 Å². The third kappa shape index (κ3) is 4.55. The zero-order valence-electron chi connectivity index (χ0n) is 15.8. The maximum atomic E-state index is 12.4. The number of rotatable bonds is 5. The van der Waals surface area contributed by atoms with Gasteiger partial charge >= 0.3 is 0 Å². The average Bonchev–Trinajstić information content (AvgIpc) is 3.20. The van der Waals surface area contributed by atoms with E-state index in [0.717, 1.165) is 36.7 Å². The Bertz CT molecular complexity index is 951. The minimum Gasteiger partial charge on any atom is -0.454 e. The van der Waals surface area contributed by atoms with Crippen LogP contribution in [-0.4, -0.2) is 53.6 Å². The first-order valence-corrected chi connectivity index (χ1v) is 9.41. The minimum absolute atomic E-state index is 0.0109. The molecule has 0 unspecified atom stereocenters. The van der Waals surface area contributed by atoms with Gasteiger partial charge in [-0.25, -0.2) is 0 Å². The number of benzene rings is 2. The number of nitro benzene ring substituents is 1. The quantitative estimate of drug-likeness (QED) is 0.440. The highest BCUT2D eigenvalue weighted by molar-refractivity contribution is 5.91. The lowest BCUT2D eigenvalue weighted by atomic mass is 10.1. The lowest BCUT2D eigenvalue weighted by molar-refractivity contribution is -0.384. The summed E-state index contributed by atoms with van der Waals surface area (Å²) in [5, 5.41) is 10.8. The van der Waals surface area contributed by atoms with Crippen LogP contribution in [0.3, 0.4) is 0 Å². The molecule has 2 aliphatic rings. The number of hydrogen-bond acceptors (Lipinski definition) is 6. The number of carbonyl (C=O) groups is 1. The van der Waals surface area contributed by atoms with Crippen molar-refractivity contribution in [3.8, 4) is 11.5 Å². The van der Waals surface area contributed by atoms with Gasteiger partial charge < -0.3 is 14.4 Å². The molecule has 1 saturated heterocycles. The second kappa shape index (κ2) is 8.32. The van der Waals surface area contributed by atoms with E-state index in [0.29, 0.717) is 18.7 Å². The monoisotopic (exact) mass is 395 g/mol. The molecule has 29 heavy (non-hydrogen) atoms. The second-order valence-electron chi connectivity index (χ2n) is 6.97. The first kappa shape index (κ1) is 18.9. The highest BCUT2D eigenvalue weighted by Gasteiger charge is 2.21. The summed E-state index contributed by atoms with van der Waals surface area (Å²) in [4.78, 5) is 26.9. The second-order valence-corrected chi connectivity index (χ2v) is 6.97. The summed E-state index contributed by atoms with van der Waals surface area (Å²) >= 11 is 0. The number of nitro groups is 1. The zero-order valence-corrected chi connectivity index (χ0v) is 15.8. The van der Waals surface area contributed by atoms with Gasteiger partial charge in [-0.3, -0.25) is 19.8 Å². The molecule has 8 nitrogen and oxygen atoms in total. The molecule has 0 saturated carbocycles. The molecular weight excluding hydrogens is 374 g/mol. The first-order chi connectivity index (χ1) is 14.1. The molecule has 4 rings (SSSR count). The van der Waals surface area contributed by atoms with Crippen molar-refractivity contribution in [1.82, 2.24) is 9.80 Å². The van der Waals surface area contributed by atoms with Gasteiger partial charge in [0.05, 0.1) is 4.92 Å². The van der Waals surface area contributed by atoms with Crippen LogP contribution >= 0.6 is 0 Å². The smallest absolute Gasteiger partial charge is 0.270 e. The van der Waals surface area contributed by atoms with Crippen LogP contribution in [0.1, 0.15) is 11.1 Å². The number of nitrogens with zero attached hydrogens (tertiary/aromatic N) is 3. The van der Waals surface area contributed by atoms with Gasteiger partial charge in [-0.1, -0.05) is 18.2 Å². The van der Waals surface area contributed by atoms with E-state index in [1.54, 1.807) is 23.1 Å². The summed E-state index contributed by atoms with van der Waals surface area (Å²) in [7, 11) is 0. The molecule has 0 spiro atoms. The number of hydrogen-bond donors (Lipinski definition) is 0. The van der Waals surface area contributed by atoms with E-state index in [-0.39, 0.29) is 18.4 Å². The standard InChI is InChI=1S/C21H21N3O5/c25-21(7-5-16-2-1-3-18(12-16)24(26)27)23-10-8-22(9-11-23)14-17-4-6-19-20(13-17)29-15-28-19/h1-7,12-13H,8-11,14-15H2. The maximum Gasteiger partial charge on any atom is 0.270 e. The Morgan fingerprint density at radius 3 is 2.66 bits per heavy atom. The number of non-ortho nitro benzene ring substituents is 1. The van der Waals surface area contributed by atoms with Gasteiger partial charge in [0.15, 0.2) is 11.5 Å². The Morgan fingerprint density at radius 1 is 1.07 bits per heavy atom. The van der Waals surface area contributed by atoms with E-state index in [1.165, 1.54) is 18.2 Å². The predicted molar refractivity (Wildman–Crippen MR) is 107 cm³/mol. The van der Waals surface area contributed by atoms with Gasteiger partial charge in [-0.2, -0.15) is 0 Å². The van der Waals surface area contributed by atoms with Gasteiger partial charge in [-0.05, 0) is 29.3 Å². The molecule has 2 aliphatic heterocycles. The molecule has 0 N–H and O–H groups in total. The van der Waals surface area contributed by atoms with Crippen LogP contribution in [0.5, 0.6) is 11.5 Å². The fraction of sp³-hybridized carbons (Fsp3) is 0.286. The van der Waals surface area contributed by atoms with E-state index in [2.05, 4.69) is 4.90 Å². The van der Waals surface area contributed by atoms with Crippen LogP contribution in [0, 0.1) is 10.1 Å². The highest BCUT2D eigenvalue weighted by atomic mass is 16.7. The molecule has 0 atom stereocenters. The number of ether oxygens (including phenoxy) is 2. The lowest BCUT2D eigenvalue weighted by Crippen LogP contribution is -2.47. The topological polar surface area (TPSA) is 85.2 Å². The van der Waals surface area contributed by atoms with Crippen molar-refractivity contribution >= 4 is 17.7 Å². The minimum atomic E-state index is -0.446. The van der Waals surface area contributed by atoms with Crippen LogP contribution in [0.25, 0.3) is 6.08 Å². The third-order valence-electron chi connectivity index (χ3n) is 5.03. The van der Waals surface area contributed by atoms with Crippen molar-refractivity contribution in [3.63, 3.8) is 0 Å². The number of amides is 1. The van der Waals surface area contributed by atoms with Crippen LogP contribution < -0.4 is 9.47 Å². The van der Waals surface area contributed by atoms with Crippen molar-refractivity contribution in [1.29, 1.82) is 0 Å². The van der Waals surface area contributed by atoms with Crippen LogP contribution in [-0.2, 0) is 11.3 Å². The molecule has 1 fully saturated rings. The molecule has 150 valence electrons. The molecule has 8 heteroatoms. The fourth-order valence-electron chi connectivity index (χ4n) is 3.44. The van der Waals surface area contributed by atoms with Gasteiger partial charge in [0, 0.05) is 50.9 Å². The molecule has 0 radical (unpaired) electrons. The highest BCUT2D eigenvalue weighted by Crippen LogP contribution is 2.32. The molecule has 2 aromatic rings. The van der Waals surface area contributed by atoms with Crippen LogP contribution in [0.4, 0.5) is 5.69 Å². The molecular formula is C21H21N3O5. The third-order valence-corrected chi connectivity index (χ3v) is 5.03. The summed E-state index contributed by atoms with van der Waals surface area (Å²) in [6.07, 6.45) is 3.10. The van der Waals surface area contributed by atoms with E-state index in [4.69, 9.17) is 9.47 Å². The zero-order chi connectivity index (χ0) is 20.2. The Balaban J connectivity index is 1.29. The van der Waals surface area contributed by atoms with Gasteiger partial charge in [0.2, 0.25) is 12.7 Å². The Hall–Kier alpha value is -3.39. The largest absolute Gasteiger partial charge is 0.454 e. The van der Waals surface area contributed by atoms with Gasteiger partial charge in [0.1, 0.15) is 0 Å². The van der Waals surface area contributed by atoms with E-state index in [1.807, 2.05) is 18.2 Å². The summed E-state index contributed by atoms with van der Waals surface area (Å²) in [6, 6.07) is 12.2. The normalized spacial score (nSPS) is 16.3. The predicted octanol–water partition coefficient (Wildman–Crippen LogP) is 2.68. The Labute approximate surface area is 168 Å². The molecule has 0 bridgehead atoms. The van der Waals surface area contributed by atoms with Crippen molar-refractivity contribution in [2.24, 2.45) is 0 Å². The lowest BCUT2D eigenvalue weighted by Gasteiger charge is -2.34. The van der Waals surface area contributed by atoms with Crippen molar-refractivity contribution in [2.45, 2.75) is 6.54 Å². The number of fused-ring (bicyclic) bond motifs is 1. The summed E-state index contributed by atoms with van der Waals surface area (Å²) in [5.74, 6) is 1.47. The molecule has 1 amide bonds. The Kier molecular flexibility index (Phi) is 5.44. The van der Waals surface area contributed by atoms with Crippen molar-refractivity contribution < 1.29 is 19.2 Å². The first-order valence-electron chi connectivity index (χ1n) is 9.41. The number of piperazine rings is 1. The van der Waals surface area contributed by atoms with Crippen molar-refractivity contribution in [3.05, 3.63) is 69.8 Å². The maximum absolute atomic E-state index is 12.4. The number of carbonyl (C=O) groups excluding carboxylic acids is 1.